The van der Waals surface area contributed by atoms with Gasteiger partial charge in [-0.2, -0.15) is 0 Å². The van der Waals surface area contributed by atoms with Crippen LogP contribution >= 0.6 is 0 Å². The summed E-state index contributed by atoms with van der Waals surface area (Å²) in [6.45, 7) is 0. The Morgan fingerprint density at radius 2 is 0.444 bits per heavy atom. The molecule has 1 radical (unpaired) electrons. The van der Waals surface area contributed by atoms with Crippen LogP contribution in [-0.2, 0) is 22.4 Å². The van der Waals surface area contributed by atoms with Gasteiger partial charge in [-0.3, -0.25) is 0 Å². The van der Waals surface area contributed by atoms with Crippen molar-refractivity contribution in [1.82, 2.24) is 0 Å². The molecule has 0 aliphatic rings. The third-order valence-corrected chi connectivity index (χ3v) is 0. The molecule has 0 aromatic rings. The van der Waals surface area contributed by atoms with E-state index < -0.39 is 0 Å². The van der Waals surface area contributed by atoms with Crippen molar-refractivity contribution < 1.29 is 42.8 Å². The molecular formula is C4H16NbO4. The zero-order valence-corrected chi connectivity index (χ0v) is 8.43. The predicted octanol–water partition coefficient (Wildman–Crippen LogP) is -1.57. The average molecular weight is 221 g/mol. The van der Waals surface area contributed by atoms with Crippen LogP contribution in [0.5, 0.6) is 0 Å². The van der Waals surface area contributed by atoms with Crippen molar-refractivity contribution in [2.75, 3.05) is 28.4 Å². The molecular weight excluding hydrogens is 205 g/mol. The number of aliphatic hydroxyl groups excluding tert-OH is 4. The SMILES string of the molecule is CO.CO.CO.CO.[Nb]. The first-order chi connectivity index (χ1) is 4.00. The van der Waals surface area contributed by atoms with Gasteiger partial charge in [0, 0.05) is 50.8 Å². The van der Waals surface area contributed by atoms with Crippen molar-refractivity contribution >= 4 is 0 Å². The monoisotopic (exact) mass is 221 g/mol. The minimum Gasteiger partial charge on any atom is -0.400 e. The molecule has 0 amide bonds. The molecule has 0 aliphatic heterocycles. The van der Waals surface area contributed by atoms with Gasteiger partial charge in [0.15, 0.2) is 0 Å². The molecule has 61 valence electrons. The second kappa shape index (κ2) is 1460. The molecule has 0 unspecified atom stereocenters. The zero-order chi connectivity index (χ0) is 8.00. The molecule has 9 heavy (non-hydrogen) atoms. The number of hydrogen-bond donors (Lipinski definition) is 4. The fraction of sp³-hybridized carbons (Fsp3) is 1.00. The van der Waals surface area contributed by atoms with Crippen LogP contribution in [-0.4, -0.2) is 48.9 Å². The Morgan fingerprint density at radius 3 is 0.444 bits per heavy atom. The summed E-state index contributed by atoms with van der Waals surface area (Å²) in [4.78, 5) is 0. The van der Waals surface area contributed by atoms with E-state index in [0.29, 0.717) is 0 Å². The molecule has 0 aromatic heterocycles. The maximum Gasteiger partial charge on any atom is 0.0319 e. The topological polar surface area (TPSA) is 80.9 Å². The van der Waals surface area contributed by atoms with Crippen molar-refractivity contribution in [2.24, 2.45) is 0 Å². The van der Waals surface area contributed by atoms with Gasteiger partial charge >= 0.3 is 0 Å². The van der Waals surface area contributed by atoms with Gasteiger partial charge in [0.05, 0.1) is 0 Å². The summed E-state index contributed by atoms with van der Waals surface area (Å²) in [5.41, 5.74) is 0. The summed E-state index contributed by atoms with van der Waals surface area (Å²) in [5.74, 6) is 0. The molecule has 0 fully saturated rings. The van der Waals surface area contributed by atoms with Crippen molar-refractivity contribution in [3.05, 3.63) is 0 Å². The van der Waals surface area contributed by atoms with Gasteiger partial charge in [-0.15, -0.1) is 0 Å². The van der Waals surface area contributed by atoms with Gasteiger partial charge in [0.25, 0.3) is 0 Å². The minimum absolute atomic E-state index is 0. The molecule has 0 aliphatic carbocycles. The maximum absolute atomic E-state index is 7.00. The quantitative estimate of drug-likeness (QED) is 0.372. The molecule has 4 nitrogen and oxygen atoms in total. The van der Waals surface area contributed by atoms with Crippen molar-refractivity contribution in [3.8, 4) is 0 Å². The van der Waals surface area contributed by atoms with E-state index in [1.165, 1.54) is 0 Å². The Labute approximate surface area is 71.7 Å². The van der Waals surface area contributed by atoms with E-state index in [-0.39, 0.29) is 22.4 Å². The van der Waals surface area contributed by atoms with E-state index in [4.69, 9.17) is 20.4 Å². The van der Waals surface area contributed by atoms with Crippen LogP contribution in [0.25, 0.3) is 0 Å². The number of hydrogen-bond acceptors (Lipinski definition) is 4. The van der Waals surface area contributed by atoms with Gasteiger partial charge in [0.1, 0.15) is 0 Å². The number of aliphatic hydroxyl groups is 4. The second-order valence-electron chi connectivity index (χ2n) is 0. The van der Waals surface area contributed by atoms with Crippen LogP contribution < -0.4 is 0 Å². The predicted molar refractivity (Wildman–Crippen MR) is 32.6 cm³/mol. The third-order valence-electron chi connectivity index (χ3n) is 0. The van der Waals surface area contributed by atoms with Gasteiger partial charge in [-0.1, -0.05) is 0 Å². The summed E-state index contributed by atoms with van der Waals surface area (Å²) < 4.78 is 0. The minimum atomic E-state index is 0. The molecule has 0 saturated carbocycles. The molecule has 0 rings (SSSR count). The maximum atomic E-state index is 7.00. The Balaban J connectivity index is -0.00000000762. The first-order valence-electron chi connectivity index (χ1n) is 1.79. The van der Waals surface area contributed by atoms with Crippen molar-refractivity contribution in [3.63, 3.8) is 0 Å². The van der Waals surface area contributed by atoms with Gasteiger partial charge in [-0.25, -0.2) is 0 Å². The molecule has 0 aromatic carbocycles. The summed E-state index contributed by atoms with van der Waals surface area (Å²) in [7, 11) is 4.00. The molecule has 0 bridgehead atoms. The Hall–Kier alpha value is 0.580. The normalized spacial score (nSPS) is 2.67. The van der Waals surface area contributed by atoms with Crippen molar-refractivity contribution in [2.45, 2.75) is 0 Å². The zero-order valence-electron chi connectivity index (χ0n) is 6.24. The summed E-state index contributed by atoms with van der Waals surface area (Å²) in [6, 6.07) is 0. The summed E-state index contributed by atoms with van der Waals surface area (Å²) in [6.07, 6.45) is 0. The van der Waals surface area contributed by atoms with Crippen LogP contribution in [0.2, 0.25) is 0 Å². The molecule has 0 heterocycles. The van der Waals surface area contributed by atoms with Crippen LogP contribution in [0.1, 0.15) is 0 Å². The third kappa shape index (κ3) is 1100. The van der Waals surface area contributed by atoms with Crippen LogP contribution in [0.4, 0.5) is 0 Å². The van der Waals surface area contributed by atoms with Crippen molar-refractivity contribution in [1.29, 1.82) is 0 Å². The van der Waals surface area contributed by atoms with Crippen LogP contribution in [0.3, 0.4) is 0 Å². The molecule has 0 spiro atoms. The Morgan fingerprint density at radius 1 is 0.444 bits per heavy atom. The Bertz CT molecular complexity index is 12.5. The fourth-order valence-corrected chi connectivity index (χ4v) is 0. The van der Waals surface area contributed by atoms with Crippen LogP contribution in [0.15, 0.2) is 0 Å². The van der Waals surface area contributed by atoms with E-state index in [9.17, 15) is 0 Å². The van der Waals surface area contributed by atoms with Crippen LogP contribution in [0, 0.1) is 0 Å². The van der Waals surface area contributed by atoms with E-state index in [2.05, 4.69) is 0 Å². The van der Waals surface area contributed by atoms with Gasteiger partial charge in [0.2, 0.25) is 0 Å². The molecule has 5 heteroatoms. The Kier molecular flexibility index (Phi) is 5470. The molecule has 4 N–H and O–H groups in total. The van der Waals surface area contributed by atoms with Gasteiger partial charge in [-0.05, 0) is 0 Å². The molecule has 0 saturated heterocycles. The molecule has 0 atom stereocenters. The summed E-state index contributed by atoms with van der Waals surface area (Å²) in [5, 5.41) is 28.0. The van der Waals surface area contributed by atoms with E-state index in [0.717, 1.165) is 28.4 Å². The second-order valence-corrected chi connectivity index (χ2v) is 0. The standard InChI is InChI=1S/4CH4O.Nb/c4*1-2;/h4*2H,1H3;. The van der Waals surface area contributed by atoms with E-state index in [1.54, 1.807) is 0 Å². The van der Waals surface area contributed by atoms with E-state index >= 15 is 0 Å². The smallest absolute Gasteiger partial charge is 0.0319 e. The first kappa shape index (κ1) is 33.6. The summed E-state index contributed by atoms with van der Waals surface area (Å²) >= 11 is 0. The number of rotatable bonds is 0. The van der Waals surface area contributed by atoms with E-state index in [1.807, 2.05) is 0 Å². The van der Waals surface area contributed by atoms with Gasteiger partial charge < -0.3 is 20.4 Å². The largest absolute Gasteiger partial charge is 0.400 e. The average Bonchev–Trinajstić information content (AvgIpc) is 2.03. The first-order valence-corrected chi connectivity index (χ1v) is 1.79. The fourth-order valence-electron chi connectivity index (χ4n) is 0.